The van der Waals surface area contributed by atoms with E-state index in [1.807, 2.05) is 4.90 Å². The Balaban J connectivity index is 1.26. The fraction of sp³-hybridized carbons (Fsp3) is 0.609. The predicted octanol–water partition coefficient (Wildman–Crippen LogP) is 2.56. The summed E-state index contributed by atoms with van der Waals surface area (Å²) in [5.74, 6) is 0.106. The van der Waals surface area contributed by atoms with Crippen molar-refractivity contribution in [1.82, 2.24) is 14.7 Å². The van der Waals surface area contributed by atoms with Crippen molar-refractivity contribution in [2.45, 2.75) is 44.6 Å². The molecule has 168 valence electrons. The van der Waals surface area contributed by atoms with E-state index < -0.39 is 0 Å². The molecule has 3 fully saturated rings. The van der Waals surface area contributed by atoms with Gasteiger partial charge in [-0.15, -0.1) is 0 Å². The van der Waals surface area contributed by atoms with Crippen LogP contribution in [0, 0.1) is 0 Å². The topological polar surface area (TPSA) is 82.2 Å². The minimum atomic E-state index is -0.309. The summed E-state index contributed by atoms with van der Waals surface area (Å²) in [6.45, 7) is 4.33. The number of piperazine rings is 1. The van der Waals surface area contributed by atoms with E-state index in [0.717, 1.165) is 38.8 Å². The molecule has 1 aromatic rings. The van der Waals surface area contributed by atoms with Crippen LogP contribution in [0.15, 0.2) is 24.3 Å². The van der Waals surface area contributed by atoms with E-state index in [1.165, 1.54) is 12.8 Å². The lowest BCUT2D eigenvalue weighted by Crippen LogP contribution is -2.53. The third-order valence-corrected chi connectivity index (χ3v) is 6.36. The lowest BCUT2D eigenvalue weighted by atomic mass is 10.1. The molecule has 1 atom stereocenters. The van der Waals surface area contributed by atoms with Gasteiger partial charge in [0.1, 0.15) is 6.10 Å². The molecule has 0 aliphatic carbocycles. The number of urea groups is 1. The molecule has 3 aliphatic rings. The smallest absolute Gasteiger partial charge is 0.321 e. The van der Waals surface area contributed by atoms with Crippen LogP contribution in [0.25, 0.3) is 0 Å². The number of hydrogen-bond donors (Lipinski definition) is 1. The van der Waals surface area contributed by atoms with E-state index in [2.05, 4.69) is 5.32 Å². The average Bonchev–Trinajstić information content (AvgIpc) is 3.21. The minimum Gasteiger partial charge on any atom is -0.368 e. The second-order valence-electron chi connectivity index (χ2n) is 8.53. The Bertz CT molecular complexity index is 775. The maximum atomic E-state index is 12.7. The second kappa shape index (κ2) is 10.1. The van der Waals surface area contributed by atoms with E-state index in [4.69, 9.17) is 4.74 Å². The van der Waals surface area contributed by atoms with Crippen molar-refractivity contribution in [1.29, 1.82) is 0 Å². The molecule has 1 N–H and O–H groups in total. The molecular weight excluding hydrogens is 396 g/mol. The molecule has 1 aromatic carbocycles. The Kier molecular flexibility index (Phi) is 7.06. The first kappa shape index (κ1) is 21.6. The lowest BCUT2D eigenvalue weighted by molar-refractivity contribution is -0.142. The fourth-order valence-electron chi connectivity index (χ4n) is 4.46. The molecule has 3 aliphatic heterocycles. The molecule has 0 radical (unpaired) electrons. The van der Waals surface area contributed by atoms with Crippen molar-refractivity contribution in [2.24, 2.45) is 0 Å². The quantitative estimate of drug-likeness (QED) is 0.802. The van der Waals surface area contributed by atoms with Crippen LogP contribution in [0.3, 0.4) is 0 Å². The zero-order valence-electron chi connectivity index (χ0n) is 18.1. The van der Waals surface area contributed by atoms with E-state index >= 15 is 0 Å². The summed E-state index contributed by atoms with van der Waals surface area (Å²) < 4.78 is 5.48. The Hall–Kier alpha value is -2.61. The number of benzene rings is 1. The highest BCUT2D eigenvalue weighted by atomic mass is 16.5. The molecule has 8 heteroatoms. The van der Waals surface area contributed by atoms with Gasteiger partial charge in [0.05, 0.1) is 0 Å². The number of nitrogens with zero attached hydrogens (tertiary/aromatic N) is 3. The summed E-state index contributed by atoms with van der Waals surface area (Å²) in [6, 6.07) is 6.93. The van der Waals surface area contributed by atoms with Crippen molar-refractivity contribution in [3.05, 3.63) is 29.8 Å². The number of rotatable bonds is 3. The number of amides is 4. The third-order valence-electron chi connectivity index (χ3n) is 6.36. The first-order valence-electron chi connectivity index (χ1n) is 11.5. The first-order chi connectivity index (χ1) is 15.1. The van der Waals surface area contributed by atoms with E-state index in [1.54, 1.807) is 34.1 Å². The van der Waals surface area contributed by atoms with Gasteiger partial charge in [0.2, 0.25) is 0 Å². The highest BCUT2D eigenvalue weighted by Crippen LogP contribution is 2.18. The highest BCUT2D eigenvalue weighted by Gasteiger charge is 2.31. The van der Waals surface area contributed by atoms with Gasteiger partial charge >= 0.3 is 6.03 Å². The summed E-state index contributed by atoms with van der Waals surface area (Å²) in [7, 11) is 0. The number of anilines is 1. The zero-order chi connectivity index (χ0) is 21.6. The molecule has 0 spiro atoms. The first-order valence-corrected chi connectivity index (χ1v) is 11.5. The van der Waals surface area contributed by atoms with Gasteiger partial charge in [-0.3, -0.25) is 9.59 Å². The van der Waals surface area contributed by atoms with Gasteiger partial charge in [-0.05, 0) is 49.9 Å². The molecule has 3 heterocycles. The maximum absolute atomic E-state index is 12.7. The molecule has 4 rings (SSSR count). The monoisotopic (exact) mass is 428 g/mol. The molecule has 0 aromatic heterocycles. The van der Waals surface area contributed by atoms with Crippen molar-refractivity contribution < 1.29 is 19.1 Å². The standard InChI is InChI=1S/C23H32N4O4/c28-21(25-11-3-1-2-4-12-25)18-7-9-19(10-8-18)24-23(30)27-15-13-26(14-16-27)22(29)20-6-5-17-31-20/h7-10,20H,1-6,11-17H2,(H,24,30). The van der Waals surface area contributed by atoms with Crippen LogP contribution in [-0.2, 0) is 9.53 Å². The summed E-state index contributed by atoms with van der Waals surface area (Å²) in [5.41, 5.74) is 1.32. The van der Waals surface area contributed by atoms with Crippen molar-refractivity contribution in [3.8, 4) is 0 Å². The summed E-state index contributed by atoms with van der Waals surface area (Å²) in [6.07, 6.45) is 5.91. The van der Waals surface area contributed by atoms with Gasteiger partial charge in [0.15, 0.2) is 0 Å². The normalized spacial score (nSPS) is 22.2. The number of carbonyl (C=O) groups excluding carboxylic acids is 3. The van der Waals surface area contributed by atoms with Crippen molar-refractivity contribution in [2.75, 3.05) is 51.2 Å². The van der Waals surface area contributed by atoms with Gasteiger partial charge in [-0.2, -0.15) is 0 Å². The minimum absolute atomic E-state index is 0.0437. The number of carbonyl (C=O) groups is 3. The Morgan fingerprint density at radius 3 is 2.03 bits per heavy atom. The van der Waals surface area contributed by atoms with E-state index in [0.29, 0.717) is 44.0 Å². The Morgan fingerprint density at radius 1 is 0.774 bits per heavy atom. The number of ether oxygens (including phenoxy) is 1. The maximum Gasteiger partial charge on any atom is 0.321 e. The molecule has 4 amide bonds. The van der Waals surface area contributed by atoms with Gasteiger partial charge in [0.25, 0.3) is 11.8 Å². The van der Waals surface area contributed by atoms with Crippen LogP contribution in [0.2, 0.25) is 0 Å². The third kappa shape index (κ3) is 5.36. The van der Waals surface area contributed by atoms with Gasteiger partial charge < -0.3 is 24.8 Å². The molecule has 3 saturated heterocycles. The fourth-order valence-corrected chi connectivity index (χ4v) is 4.46. The van der Waals surface area contributed by atoms with Crippen molar-refractivity contribution in [3.63, 3.8) is 0 Å². The highest BCUT2D eigenvalue weighted by molar-refractivity contribution is 5.95. The van der Waals surface area contributed by atoms with Crippen LogP contribution in [0.5, 0.6) is 0 Å². The van der Waals surface area contributed by atoms with Crippen LogP contribution in [0.1, 0.15) is 48.9 Å². The second-order valence-corrected chi connectivity index (χ2v) is 8.53. The molecule has 8 nitrogen and oxygen atoms in total. The van der Waals surface area contributed by atoms with Gasteiger partial charge in [0, 0.05) is 57.1 Å². The Morgan fingerprint density at radius 2 is 1.42 bits per heavy atom. The summed E-state index contributed by atoms with van der Waals surface area (Å²) in [5, 5.41) is 2.90. The number of hydrogen-bond acceptors (Lipinski definition) is 4. The molecule has 31 heavy (non-hydrogen) atoms. The average molecular weight is 429 g/mol. The molecule has 0 saturated carbocycles. The lowest BCUT2D eigenvalue weighted by Gasteiger charge is -2.35. The van der Waals surface area contributed by atoms with Gasteiger partial charge in [-0.1, -0.05) is 12.8 Å². The number of likely N-dealkylation sites (tertiary alicyclic amines) is 1. The summed E-state index contributed by atoms with van der Waals surface area (Å²) in [4.78, 5) is 43.2. The van der Waals surface area contributed by atoms with Crippen LogP contribution >= 0.6 is 0 Å². The largest absolute Gasteiger partial charge is 0.368 e. The van der Waals surface area contributed by atoms with Crippen molar-refractivity contribution >= 4 is 23.5 Å². The summed E-state index contributed by atoms with van der Waals surface area (Å²) >= 11 is 0. The molecule has 1 unspecified atom stereocenters. The molecule has 0 bridgehead atoms. The Labute approximate surface area is 183 Å². The van der Waals surface area contributed by atoms with Crippen LogP contribution in [0.4, 0.5) is 10.5 Å². The van der Waals surface area contributed by atoms with Gasteiger partial charge in [-0.25, -0.2) is 4.79 Å². The van der Waals surface area contributed by atoms with E-state index in [9.17, 15) is 14.4 Å². The predicted molar refractivity (Wildman–Crippen MR) is 117 cm³/mol. The van der Waals surface area contributed by atoms with Crippen LogP contribution < -0.4 is 5.32 Å². The van der Waals surface area contributed by atoms with E-state index in [-0.39, 0.29) is 23.9 Å². The zero-order valence-corrected chi connectivity index (χ0v) is 18.1. The SMILES string of the molecule is O=C(Nc1ccc(C(=O)N2CCCCCC2)cc1)N1CCN(C(=O)C2CCCO2)CC1. The number of nitrogens with one attached hydrogen (secondary N) is 1. The molecular formula is C23H32N4O4. The van der Waals surface area contributed by atoms with Crippen LogP contribution in [-0.4, -0.2) is 84.5 Å².